The Bertz CT molecular complexity index is 3830. The monoisotopic (exact) mass is 1400 g/mol. The number of hydrogen-bond donors (Lipinski definition) is 5. The van der Waals surface area contributed by atoms with E-state index in [4.69, 9.17) is 34.8 Å². The highest BCUT2D eigenvalue weighted by Crippen LogP contribution is 2.44. The topological polar surface area (TPSA) is 208 Å². The predicted molar refractivity (Wildman–Crippen MR) is 400 cm³/mol. The number of allylic oxidation sites excluding steroid dienone is 3. The van der Waals surface area contributed by atoms with Crippen molar-refractivity contribution < 1.29 is 14.4 Å². The maximum atomic E-state index is 14.0. The van der Waals surface area contributed by atoms with E-state index >= 15 is 0 Å². The largest absolute Gasteiger partial charge is 0.353 e. The van der Waals surface area contributed by atoms with Crippen LogP contribution in [0.15, 0.2) is 129 Å². The summed E-state index contributed by atoms with van der Waals surface area (Å²) in [6.45, 7) is 36.2. The minimum atomic E-state index is -0.419. The average molecular weight is 1400 g/mol. The molecule has 0 spiro atoms. The zero-order valence-corrected chi connectivity index (χ0v) is 60.9. The summed E-state index contributed by atoms with van der Waals surface area (Å²) in [5, 5.41) is 18.9. The number of nitrogens with zero attached hydrogens (tertiary/aromatic N) is 12. The summed E-state index contributed by atoms with van der Waals surface area (Å²) in [4.78, 5) is 81.2. The van der Waals surface area contributed by atoms with Crippen LogP contribution in [-0.4, -0.2) is 166 Å². The van der Waals surface area contributed by atoms with Gasteiger partial charge in [0.2, 0.25) is 17.7 Å². The number of anilines is 6. The maximum Gasteiger partial charge on any atom is 0.233 e. The second-order valence-corrected chi connectivity index (χ2v) is 29.5. The lowest BCUT2D eigenvalue weighted by Crippen LogP contribution is -2.55. The average Bonchev–Trinajstić information content (AvgIpc) is 0.779. The third-order valence-electron chi connectivity index (χ3n) is 20.5. The fourth-order valence-electron chi connectivity index (χ4n) is 14.9. The summed E-state index contributed by atoms with van der Waals surface area (Å²) in [7, 11) is 0. The van der Waals surface area contributed by atoms with Crippen LogP contribution in [0.2, 0.25) is 15.1 Å². The first-order valence-electron chi connectivity index (χ1n) is 35.4. The van der Waals surface area contributed by atoms with E-state index < -0.39 is 5.41 Å². The van der Waals surface area contributed by atoms with Gasteiger partial charge in [-0.2, -0.15) is 0 Å². The number of carbonyl (C=O) groups excluding carboxylic acids is 3. The Morgan fingerprint density at radius 3 is 1.58 bits per heavy atom. The molecule has 6 aliphatic heterocycles. The van der Waals surface area contributed by atoms with Gasteiger partial charge in [-0.05, 0) is 110 Å². The van der Waals surface area contributed by atoms with Crippen LogP contribution in [0.3, 0.4) is 0 Å². The molecule has 99 heavy (non-hydrogen) atoms. The van der Waals surface area contributed by atoms with Gasteiger partial charge in [-0.1, -0.05) is 152 Å². The van der Waals surface area contributed by atoms with Crippen LogP contribution >= 0.6 is 34.8 Å². The number of halogens is 3. The molecule has 4 fully saturated rings. The van der Waals surface area contributed by atoms with Gasteiger partial charge < -0.3 is 56.0 Å². The van der Waals surface area contributed by atoms with Crippen LogP contribution in [0.25, 0.3) is 0 Å². The zero-order valence-electron chi connectivity index (χ0n) is 58.6. The van der Waals surface area contributed by atoms with E-state index in [1.807, 2.05) is 70.5 Å². The van der Waals surface area contributed by atoms with E-state index in [-0.39, 0.29) is 35.6 Å². The molecule has 3 aromatic heterocycles. The second kappa shape index (κ2) is 32.6. The van der Waals surface area contributed by atoms with Crippen LogP contribution < -0.4 is 41.3 Å². The molecular weight excluding hydrogens is 1310 g/mol. The number of benzene rings is 3. The number of aromatic nitrogens is 6. The van der Waals surface area contributed by atoms with Crippen LogP contribution in [-0.2, 0) is 32.6 Å². The summed E-state index contributed by atoms with van der Waals surface area (Å²) in [5.41, 5.74) is 9.08. The van der Waals surface area contributed by atoms with Gasteiger partial charge in [-0.25, -0.2) is 29.9 Å². The Balaban J connectivity index is 0.000000150. The minimum absolute atomic E-state index is 0.149. The Morgan fingerprint density at radius 1 is 0.525 bits per heavy atom. The van der Waals surface area contributed by atoms with Crippen molar-refractivity contribution >= 4 is 87.4 Å². The smallest absolute Gasteiger partial charge is 0.233 e. The van der Waals surface area contributed by atoms with Crippen LogP contribution in [0.1, 0.15) is 145 Å². The van der Waals surface area contributed by atoms with Crippen molar-refractivity contribution in [3.63, 3.8) is 0 Å². The molecule has 9 heterocycles. The molecule has 7 aliphatic rings. The minimum Gasteiger partial charge on any atom is -0.353 e. The summed E-state index contributed by atoms with van der Waals surface area (Å²) in [6, 6.07) is 23.9. The quantitative estimate of drug-likeness (QED) is 0.0648. The molecule has 3 amide bonds. The van der Waals surface area contributed by atoms with Gasteiger partial charge >= 0.3 is 0 Å². The number of piperazine rings is 3. The molecule has 13 rings (SSSR count). The Hall–Kier alpha value is -7.88. The van der Waals surface area contributed by atoms with E-state index in [1.54, 1.807) is 19.0 Å². The van der Waals surface area contributed by atoms with Gasteiger partial charge in [-0.3, -0.25) is 14.4 Å². The molecule has 5 atom stereocenters. The van der Waals surface area contributed by atoms with Crippen LogP contribution in [0.5, 0.6) is 0 Å². The fraction of sp³-hybridized carbons (Fsp3) is 0.487. The molecule has 1 saturated carbocycles. The molecule has 1 aliphatic carbocycles. The fourth-order valence-corrected chi connectivity index (χ4v) is 15.2. The zero-order chi connectivity index (χ0) is 70.1. The first-order valence-corrected chi connectivity index (χ1v) is 36.5. The van der Waals surface area contributed by atoms with Crippen LogP contribution in [0.4, 0.5) is 34.9 Å². The van der Waals surface area contributed by atoms with Gasteiger partial charge in [0.15, 0.2) is 0 Å². The molecule has 5 N–H and O–H groups in total. The Morgan fingerprint density at radius 2 is 1.01 bits per heavy atom. The van der Waals surface area contributed by atoms with Gasteiger partial charge in [0, 0.05) is 152 Å². The molecule has 3 aromatic carbocycles. The van der Waals surface area contributed by atoms with E-state index in [0.29, 0.717) is 91.3 Å². The highest BCUT2D eigenvalue weighted by molar-refractivity contribution is 6.31. The summed E-state index contributed by atoms with van der Waals surface area (Å²) >= 11 is 18.3. The molecule has 23 heteroatoms. The number of nitrogens with one attached hydrogen (secondary N) is 5. The van der Waals surface area contributed by atoms with Crippen molar-refractivity contribution in [3.05, 3.63) is 177 Å². The normalized spacial score (nSPS) is 20.4. The lowest BCUT2D eigenvalue weighted by Gasteiger charge is -2.44. The first-order chi connectivity index (χ1) is 47.6. The number of carbonyl (C=O) groups is 3. The van der Waals surface area contributed by atoms with Gasteiger partial charge in [0.1, 0.15) is 53.9 Å². The van der Waals surface area contributed by atoms with E-state index in [2.05, 4.69) is 156 Å². The molecular formula is C76H98Cl3N17O3. The number of rotatable bonds is 15. The molecule has 526 valence electrons. The molecule has 20 nitrogen and oxygen atoms in total. The lowest BCUT2D eigenvalue weighted by molar-refractivity contribution is -0.139. The number of fused-ring (bicyclic) bond motifs is 3. The Kier molecular flexibility index (Phi) is 23.9. The van der Waals surface area contributed by atoms with Crippen molar-refractivity contribution in [2.45, 2.75) is 148 Å². The van der Waals surface area contributed by atoms with Crippen LogP contribution in [0, 0.1) is 5.92 Å². The molecule has 0 bridgehead atoms. The van der Waals surface area contributed by atoms with Gasteiger partial charge in [0.05, 0.1) is 17.3 Å². The van der Waals surface area contributed by atoms with Gasteiger partial charge in [0.25, 0.3) is 0 Å². The van der Waals surface area contributed by atoms with E-state index in [1.165, 1.54) is 6.42 Å². The third kappa shape index (κ3) is 17.1. The van der Waals surface area contributed by atoms with Crippen molar-refractivity contribution in [2.24, 2.45) is 5.92 Å². The van der Waals surface area contributed by atoms with Crippen molar-refractivity contribution in [1.29, 1.82) is 0 Å². The lowest BCUT2D eigenvalue weighted by atomic mass is 9.68. The molecule has 3 saturated heterocycles. The highest BCUT2D eigenvalue weighted by Gasteiger charge is 2.45. The van der Waals surface area contributed by atoms with Crippen molar-refractivity contribution in [3.8, 4) is 0 Å². The molecule has 1 unspecified atom stereocenters. The summed E-state index contributed by atoms with van der Waals surface area (Å²) in [5.74, 6) is 6.25. The standard InChI is InChI=1S/C26H32ClN5O.2C25H33ClN6O/c1-18-16-19(2)30-23-22(18)24(29-17-28-23)31-12-14-32(15-13-31)25(33)26(10-4-3-5-11-26)20-6-8-21(27)9-7-20;1-16(2)27-13-22(19-6-8-20(26)9-7-19)25(33)31-11-12-32(18(4)14-31)24-21-10-5-17(3)30-23(21)28-15-29-24;1-16(2)27-14-22(19-5-7-20(26)8-6-19)25(33)32-11-9-31(10-12-32)24-21-13-17(3)18(4)30-23(21)28-15-29-24/h6-9,17-18H,2-5,10-16H2,1H3,(H,28,29,30);6-9,15-16,18,22,27H,3,5,10-14H2,1-2,4H3,(H,28,29,30);5-8,15-17,22,27H,4,9-14H2,1-3H3,(H,28,29,30)/t18-;18-,22-;17?,22-/m111/s1. The summed E-state index contributed by atoms with van der Waals surface area (Å²) < 4.78 is 0. The van der Waals surface area contributed by atoms with Crippen molar-refractivity contribution in [2.75, 3.05) is 116 Å². The first kappa shape index (κ1) is 72.4. The summed E-state index contributed by atoms with van der Waals surface area (Å²) in [6.07, 6.45) is 13.6. The number of hydrogen-bond acceptors (Lipinski definition) is 17. The molecule has 6 aromatic rings. The SMILES string of the molecule is C=C1CCc2c(ncnc2N2CCN(C(=O)[C@H](CNC(C)C)c3ccc(Cl)cc3)C[C@H]2C)N1.C=C1C[C@@H](C)c2c(ncnc2N2CCN(C(=O)C3(c4ccc(Cl)cc4)CCCCC3)CC2)N1.C=C1Nc2ncnc(N3CCN(C(=O)[C@H](CNC(C)C)c4ccc(Cl)cc4)CC3)c2CC1C. The molecule has 0 radical (unpaired) electrons. The second-order valence-electron chi connectivity index (χ2n) is 28.2. The predicted octanol–water partition coefficient (Wildman–Crippen LogP) is 12.6. The van der Waals surface area contributed by atoms with Gasteiger partial charge in [-0.15, -0.1) is 0 Å². The third-order valence-corrected chi connectivity index (χ3v) is 21.2. The van der Waals surface area contributed by atoms with Crippen molar-refractivity contribution in [1.82, 2.24) is 55.2 Å². The highest BCUT2D eigenvalue weighted by atomic mass is 35.5. The Labute approximate surface area is 599 Å². The van der Waals surface area contributed by atoms with E-state index in [9.17, 15) is 14.4 Å². The maximum absolute atomic E-state index is 14.0. The van der Waals surface area contributed by atoms with E-state index in [0.717, 1.165) is 169 Å². The number of amides is 3.